The number of nitrogens with zero attached hydrogens (tertiary/aromatic N) is 3. The van der Waals surface area contributed by atoms with Crippen LogP contribution in [-0.2, 0) is 16.1 Å². The number of nitrogens with two attached hydrogens (primary N) is 1. The van der Waals surface area contributed by atoms with Gasteiger partial charge in [0.15, 0.2) is 0 Å². The average Bonchev–Trinajstić information content (AvgIpc) is 2.99. The second kappa shape index (κ2) is 9.54. The second-order valence-corrected chi connectivity index (χ2v) is 7.65. The predicted octanol–water partition coefficient (Wildman–Crippen LogP) is 3.01. The summed E-state index contributed by atoms with van der Waals surface area (Å²) in [4.78, 5) is 14.7. The van der Waals surface area contributed by atoms with E-state index in [1.807, 2.05) is 48.7 Å². The van der Waals surface area contributed by atoms with Crippen LogP contribution in [0.15, 0.2) is 30.3 Å². The van der Waals surface area contributed by atoms with Crippen molar-refractivity contribution >= 4 is 18.3 Å². The van der Waals surface area contributed by atoms with Gasteiger partial charge in [-0.05, 0) is 56.9 Å². The van der Waals surface area contributed by atoms with Gasteiger partial charge in [0.05, 0.1) is 17.5 Å². The van der Waals surface area contributed by atoms with E-state index in [2.05, 4.69) is 17.2 Å². The molecule has 0 unspecified atom stereocenters. The normalized spacial score (nSPS) is 21.8. The minimum absolute atomic E-state index is 0. The number of hydrogen-bond acceptors (Lipinski definition) is 4. The molecule has 3 atom stereocenters. The zero-order valence-corrected chi connectivity index (χ0v) is 17.9. The molecule has 1 fully saturated rings. The first kappa shape index (κ1) is 22.4. The predicted molar refractivity (Wildman–Crippen MR) is 113 cm³/mol. The Bertz CT molecular complexity index is 807. The van der Waals surface area contributed by atoms with E-state index in [1.54, 1.807) is 7.11 Å². The molecule has 0 aliphatic heterocycles. The van der Waals surface area contributed by atoms with Crippen molar-refractivity contribution in [2.24, 2.45) is 11.7 Å². The zero-order chi connectivity index (χ0) is 19.6. The number of aromatic nitrogens is 2. The van der Waals surface area contributed by atoms with E-state index in [-0.39, 0.29) is 36.4 Å². The van der Waals surface area contributed by atoms with Crippen molar-refractivity contribution in [2.45, 2.75) is 51.8 Å². The molecule has 1 amide bonds. The molecule has 0 bridgehead atoms. The van der Waals surface area contributed by atoms with Gasteiger partial charge in [0.25, 0.3) is 0 Å². The van der Waals surface area contributed by atoms with Crippen LogP contribution in [0.1, 0.15) is 36.2 Å². The highest BCUT2D eigenvalue weighted by molar-refractivity contribution is 5.85. The summed E-state index contributed by atoms with van der Waals surface area (Å²) in [5, 5.41) is 4.54. The molecule has 0 radical (unpaired) electrons. The number of carbonyl (C=O) groups excluding carboxylic acids is 1. The summed E-state index contributed by atoms with van der Waals surface area (Å²) >= 11 is 0. The van der Waals surface area contributed by atoms with Crippen LogP contribution >= 0.6 is 12.4 Å². The molecule has 1 aliphatic carbocycles. The number of aryl methyl sites for hydroxylation is 2. The van der Waals surface area contributed by atoms with Crippen LogP contribution in [0.25, 0.3) is 5.69 Å². The molecule has 2 aromatic rings. The first-order valence-electron chi connectivity index (χ1n) is 9.55. The smallest absolute Gasteiger partial charge is 0.225 e. The van der Waals surface area contributed by atoms with Gasteiger partial charge in [0.2, 0.25) is 5.91 Å². The Morgan fingerprint density at radius 3 is 2.68 bits per heavy atom. The third-order valence-corrected chi connectivity index (χ3v) is 5.45. The molecule has 2 N–H and O–H groups in total. The minimum atomic E-state index is -0.0690. The summed E-state index contributed by atoms with van der Waals surface area (Å²) in [6, 6.07) is 10.2. The summed E-state index contributed by atoms with van der Waals surface area (Å²) in [6.45, 7) is 4.61. The van der Waals surface area contributed by atoms with Gasteiger partial charge in [0, 0.05) is 38.4 Å². The van der Waals surface area contributed by atoms with Gasteiger partial charge in [-0.3, -0.25) is 4.79 Å². The zero-order valence-electron chi connectivity index (χ0n) is 17.1. The van der Waals surface area contributed by atoms with Crippen molar-refractivity contribution < 1.29 is 9.53 Å². The van der Waals surface area contributed by atoms with Crippen LogP contribution < -0.4 is 5.73 Å². The fourth-order valence-corrected chi connectivity index (χ4v) is 4.03. The standard InChI is InChI=1S/C21H30N4O2.ClH/c1-14-10-15(2)25(23-14)18-7-5-6-16(11-18)13-24(3)21(26)17-8-9-20(27-4)19(22)12-17;/h5-7,10-11,17,19-20H,8-9,12-13,22H2,1-4H3;1H/t17-,19+,20+;/m0./s1. The summed E-state index contributed by atoms with van der Waals surface area (Å²) in [7, 11) is 3.56. The van der Waals surface area contributed by atoms with Gasteiger partial charge in [-0.25, -0.2) is 4.68 Å². The van der Waals surface area contributed by atoms with Crippen molar-refractivity contribution in [3.05, 3.63) is 47.3 Å². The Morgan fingerprint density at radius 1 is 1.32 bits per heavy atom. The number of methoxy groups -OCH3 is 1. The first-order chi connectivity index (χ1) is 12.9. The van der Waals surface area contributed by atoms with Gasteiger partial charge < -0.3 is 15.4 Å². The lowest BCUT2D eigenvalue weighted by Gasteiger charge is -2.34. The van der Waals surface area contributed by atoms with Crippen molar-refractivity contribution in [3.8, 4) is 5.69 Å². The third-order valence-electron chi connectivity index (χ3n) is 5.45. The molecule has 6 nitrogen and oxygen atoms in total. The molecule has 1 aromatic carbocycles. The van der Waals surface area contributed by atoms with Gasteiger partial charge >= 0.3 is 0 Å². The van der Waals surface area contributed by atoms with Crippen LogP contribution in [-0.4, -0.2) is 46.9 Å². The van der Waals surface area contributed by atoms with Crippen LogP contribution in [0.5, 0.6) is 0 Å². The Hall–Kier alpha value is -1.89. The molecule has 3 rings (SSSR count). The maximum atomic E-state index is 12.9. The maximum Gasteiger partial charge on any atom is 0.225 e. The monoisotopic (exact) mass is 406 g/mol. The lowest BCUT2D eigenvalue weighted by atomic mass is 9.83. The average molecular weight is 407 g/mol. The summed E-state index contributed by atoms with van der Waals surface area (Å²) in [5.74, 6) is 0.145. The summed E-state index contributed by atoms with van der Waals surface area (Å²) in [6.07, 6.45) is 2.43. The molecule has 0 spiro atoms. The number of carbonyl (C=O) groups is 1. The topological polar surface area (TPSA) is 73.4 Å². The number of amides is 1. The van der Waals surface area contributed by atoms with Crippen LogP contribution in [0, 0.1) is 19.8 Å². The fraction of sp³-hybridized carbons (Fsp3) is 0.524. The summed E-state index contributed by atoms with van der Waals surface area (Å²) < 4.78 is 7.33. The Kier molecular flexibility index (Phi) is 7.63. The van der Waals surface area contributed by atoms with Crippen molar-refractivity contribution in [2.75, 3.05) is 14.2 Å². The molecule has 154 valence electrons. The van der Waals surface area contributed by atoms with E-state index < -0.39 is 0 Å². The van der Waals surface area contributed by atoms with E-state index in [0.717, 1.165) is 35.5 Å². The Balaban J connectivity index is 0.00000280. The SMILES string of the molecule is CO[C@@H]1CC[C@H](C(=O)N(C)Cc2cccc(-n3nc(C)cc3C)c2)C[C@H]1N.Cl. The highest BCUT2D eigenvalue weighted by Crippen LogP contribution is 2.27. The van der Waals surface area contributed by atoms with Gasteiger partial charge in [0.1, 0.15) is 0 Å². The number of ether oxygens (including phenoxy) is 1. The van der Waals surface area contributed by atoms with E-state index in [1.165, 1.54) is 0 Å². The molecule has 1 aliphatic rings. The molecule has 0 saturated heterocycles. The Morgan fingerprint density at radius 2 is 2.07 bits per heavy atom. The molecule has 1 heterocycles. The first-order valence-corrected chi connectivity index (χ1v) is 9.55. The number of benzene rings is 1. The molecular formula is C21H31ClN4O2. The highest BCUT2D eigenvalue weighted by Gasteiger charge is 2.33. The molecule has 28 heavy (non-hydrogen) atoms. The van der Waals surface area contributed by atoms with Crippen LogP contribution in [0.2, 0.25) is 0 Å². The van der Waals surface area contributed by atoms with E-state index in [4.69, 9.17) is 10.5 Å². The molecule has 1 aromatic heterocycles. The third kappa shape index (κ3) is 4.93. The van der Waals surface area contributed by atoms with Crippen LogP contribution in [0.3, 0.4) is 0 Å². The lowest BCUT2D eigenvalue weighted by Crippen LogP contribution is -2.45. The quantitative estimate of drug-likeness (QED) is 0.828. The Labute approximate surface area is 173 Å². The largest absolute Gasteiger partial charge is 0.380 e. The number of halogens is 1. The summed E-state index contributed by atoms with van der Waals surface area (Å²) in [5.41, 5.74) is 10.4. The van der Waals surface area contributed by atoms with E-state index >= 15 is 0 Å². The number of hydrogen-bond donors (Lipinski definition) is 1. The fourth-order valence-electron chi connectivity index (χ4n) is 4.03. The van der Waals surface area contributed by atoms with Crippen LogP contribution in [0.4, 0.5) is 0 Å². The molecule has 1 saturated carbocycles. The van der Waals surface area contributed by atoms with Crippen molar-refractivity contribution in [1.82, 2.24) is 14.7 Å². The van der Waals surface area contributed by atoms with Gasteiger partial charge in [-0.1, -0.05) is 12.1 Å². The maximum absolute atomic E-state index is 12.9. The van der Waals surface area contributed by atoms with E-state index in [0.29, 0.717) is 13.0 Å². The van der Waals surface area contributed by atoms with Gasteiger partial charge in [-0.2, -0.15) is 5.10 Å². The van der Waals surface area contributed by atoms with Gasteiger partial charge in [-0.15, -0.1) is 12.4 Å². The lowest BCUT2D eigenvalue weighted by molar-refractivity contribution is -0.137. The van der Waals surface area contributed by atoms with Crippen molar-refractivity contribution in [3.63, 3.8) is 0 Å². The number of rotatable bonds is 5. The molecular weight excluding hydrogens is 376 g/mol. The highest BCUT2D eigenvalue weighted by atomic mass is 35.5. The van der Waals surface area contributed by atoms with E-state index in [9.17, 15) is 4.79 Å². The van der Waals surface area contributed by atoms with Crippen molar-refractivity contribution in [1.29, 1.82) is 0 Å². The molecule has 7 heteroatoms. The second-order valence-electron chi connectivity index (χ2n) is 7.65. The minimum Gasteiger partial charge on any atom is -0.380 e.